The van der Waals surface area contributed by atoms with Crippen molar-refractivity contribution in [1.29, 1.82) is 0 Å². The number of carbonyl (C=O) groups is 1. The quantitative estimate of drug-likeness (QED) is 0.502. The summed E-state index contributed by atoms with van der Waals surface area (Å²) in [5.41, 5.74) is 2.63. The number of para-hydroxylation sites is 1. The van der Waals surface area contributed by atoms with Gasteiger partial charge in [-0.1, -0.05) is 18.2 Å². The maximum absolute atomic E-state index is 12.0. The minimum atomic E-state index is -3.20. The van der Waals surface area contributed by atoms with Crippen LogP contribution in [0.25, 0.3) is 5.69 Å². The van der Waals surface area contributed by atoms with E-state index < -0.39 is 16.0 Å². The number of carboxylic acids is 1. The summed E-state index contributed by atoms with van der Waals surface area (Å²) in [7, 11) is -3.20. The average molecular weight is 468 g/mol. The molecule has 5 rings (SSSR count). The van der Waals surface area contributed by atoms with Gasteiger partial charge in [0.1, 0.15) is 11.9 Å². The summed E-state index contributed by atoms with van der Waals surface area (Å²) in [6.45, 7) is 1.55. The summed E-state index contributed by atoms with van der Waals surface area (Å²) >= 11 is 0. The van der Waals surface area contributed by atoms with Crippen LogP contribution < -0.4 is 14.4 Å². The molecular formula is C24H25N3O5S. The van der Waals surface area contributed by atoms with Gasteiger partial charge in [0.25, 0.3) is 0 Å². The summed E-state index contributed by atoms with van der Waals surface area (Å²) in [5.74, 6) is -0.244. The standard InChI is InChI=1S/C24H25N3O5S/c28-24(29)21-4-3-5-22(23(21)26-12-1-2-13-26)27-15-19(16-27)32-18-8-6-17(7-9-18)14-25-33(30,31)20-10-11-20/h1-9,12-13,19-20,25H,10-11,14-16H2,(H,28,29). The number of hydrogen-bond donors (Lipinski definition) is 2. The van der Waals surface area contributed by atoms with Crippen LogP contribution in [0.5, 0.6) is 5.75 Å². The number of anilines is 1. The molecule has 2 aliphatic rings. The Morgan fingerprint density at radius 1 is 1.03 bits per heavy atom. The lowest BCUT2D eigenvalue weighted by atomic mass is 10.1. The summed E-state index contributed by atoms with van der Waals surface area (Å²) < 4.78 is 34.4. The van der Waals surface area contributed by atoms with Gasteiger partial charge in [0.05, 0.1) is 35.3 Å². The lowest BCUT2D eigenvalue weighted by molar-refractivity contribution is 0.0697. The molecule has 0 atom stereocenters. The fraction of sp³-hybridized carbons (Fsp3) is 0.292. The summed E-state index contributed by atoms with van der Waals surface area (Å²) in [5, 5.41) is 9.42. The van der Waals surface area contributed by atoms with E-state index in [0.29, 0.717) is 18.8 Å². The fourth-order valence-corrected chi connectivity index (χ4v) is 5.34. The molecule has 2 fully saturated rings. The van der Waals surface area contributed by atoms with Crippen LogP contribution in [0.1, 0.15) is 28.8 Å². The van der Waals surface area contributed by atoms with Crippen molar-refractivity contribution >= 4 is 21.7 Å². The SMILES string of the molecule is O=C(O)c1cccc(N2CC(Oc3ccc(CNS(=O)(=O)C4CC4)cc3)C2)c1-n1cccc1. The highest BCUT2D eigenvalue weighted by Gasteiger charge is 2.35. The molecule has 1 aromatic heterocycles. The highest BCUT2D eigenvalue weighted by molar-refractivity contribution is 7.90. The molecule has 2 aromatic carbocycles. The predicted octanol–water partition coefficient (Wildman–Crippen LogP) is 3.02. The van der Waals surface area contributed by atoms with Crippen LogP contribution in [0.15, 0.2) is 67.0 Å². The van der Waals surface area contributed by atoms with Crippen molar-refractivity contribution in [3.05, 3.63) is 78.1 Å². The zero-order valence-electron chi connectivity index (χ0n) is 17.9. The molecule has 1 saturated heterocycles. The number of ether oxygens (including phenoxy) is 1. The first-order valence-corrected chi connectivity index (χ1v) is 12.4. The summed E-state index contributed by atoms with van der Waals surface area (Å²) in [4.78, 5) is 13.9. The summed E-state index contributed by atoms with van der Waals surface area (Å²) in [6.07, 6.45) is 5.15. The van der Waals surface area contributed by atoms with Crippen molar-refractivity contribution in [3.63, 3.8) is 0 Å². The number of hydrogen-bond acceptors (Lipinski definition) is 5. The van der Waals surface area contributed by atoms with E-state index in [1.807, 2.05) is 59.4 Å². The van der Waals surface area contributed by atoms with Crippen LogP contribution in [-0.2, 0) is 16.6 Å². The number of nitrogens with one attached hydrogen (secondary N) is 1. The van der Waals surface area contributed by atoms with Gasteiger partial charge in [0.15, 0.2) is 0 Å². The van der Waals surface area contributed by atoms with Gasteiger partial charge >= 0.3 is 5.97 Å². The third kappa shape index (κ3) is 4.60. The van der Waals surface area contributed by atoms with Gasteiger partial charge in [0, 0.05) is 18.9 Å². The van der Waals surface area contributed by atoms with Gasteiger partial charge in [-0.3, -0.25) is 0 Å². The predicted molar refractivity (Wildman–Crippen MR) is 125 cm³/mol. The van der Waals surface area contributed by atoms with Crippen LogP contribution in [0.3, 0.4) is 0 Å². The van der Waals surface area contributed by atoms with Crippen LogP contribution in [-0.4, -0.2) is 48.5 Å². The number of benzene rings is 2. The van der Waals surface area contributed by atoms with Crippen molar-refractivity contribution in [1.82, 2.24) is 9.29 Å². The van der Waals surface area contributed by atoms with Gasteiger partial charge in [-0.2, -0.15) is 0 Å². The Hall–Kier alpha value is -3.30. The average Bonchev–Trinajstić information content (AvgIpc) is 3.51. The normalized spacial score (nSPS) is 16.4. The zero-order valence-corrected chi connectivity index (χ0v) is 18.7. The van der Waals surface area contributed by atoms with E-state index in [1.54, 1.807) is 12.1 Å². The van der Waals surface area contributed by atoms with E-state index in [1.165, 1.54) is 0 Å². The molecule has 0 amide bonds. The van der Waals surface area contributed by atoms with Crippen LogP contribution in [0.2, 0.25) is 0 Å². The molecule has 8 nitrogen and oxygen atoms in total. The maximum Gasteiger partial charge on any atom is 0.337 e. The molecule has 33 heavy (non-hydrogen) atoms. The molecule has 2 heterocycles. The van der Waals surface area contributed by atoms with Crippen molar-refractivity contribution in [2.24, 2.45) is 0 Å². The van der Waals surface area contributed by atoms with Crippen molar-refractivity contribution in [3.8, 4) is 11.4 Å². The number of rotatable bonds is 9. The number of aromatic carboxylic acids is 1. The van der Waals surface area contributed by atoms with E-state index in [-0.39, 0.29) is 23.5 Å². The van der Waals surface area contributed by atoms with E-state index >= 15 is 0 Å². The monoisotopic (exact) mass is 467 g/mol. The van der Waals surface area contributed by atoms with Crippen molar-refractivity contribution in [2.75, 3.05) is 18.0 Å². The van der Waals surface area contributed by atoms with Crippen molar-refractivity contribution in [2.45, 2.75) is 30.7 Å². The van der Waals surface area contributed by atoms with Crippen molar-refractivity contribution < 1.29 is 23.1 Å². The number of nitrogens with zero attached hydrogens (tertiary/aromatic N) is 2. The third-order valence-corrected chi connectivity index (χ3v) is 7.86. The number of aromatic nitrogens is 1. The molecule has 172 valence electrons. The first kappa shape index (κ1) is 21.5. The molecule has 1 saturated carbocycles. The Morgan fingerprint density at radius 2 is 1.73 bits per heavy atom. The fourth-order valence-electron chi connectivity index (χ4n) is 3.98. The van der Waals surface area contributed by atoms with Crippen LogP contribution >= 0.6 is 0 Å². The highest BCUT2D eigenvalue weighted by atomic mass is 32.2. The van der Waals surface area contributed by atoms with Crippen LogP contribution in [0.4, 0.5) is 5.69 Å². The van der Waals surface area contributed by atoms with Gasteiger partial charge in [-0.15, -0.1) is 0 Å². The largest absolute Gasteiger partial charge is 0.487 e. The topological polar surface area (TPSA) is 101 Å². The summed E-state index contributed by atoms with van der Waals surface area (Å²) in [6, 6.07) is 16.4. The molecule has 0 spiro atoms. The highest BCUT2D eigenvalue weighted by Crippen LogP contribution is 2.33. The molecule has 1 aliphatic carbocycles. The Labute approximate surface area is 192 Å². The Morgan fingerprint density at radius 3 is 2.36 bits per heavy atom. The minimum absolute atomic E-state index is 0.0183. The smallest absolute Gasteiger partial charge is 0.337 e. The lowest BCUT2D eigenvalue weighted by Gasteiger charge is -2.41. The first-order chi connectivity index (χ1) is 15.9. The first-order valence-electron chi connectivity index (χ1n) is 10.9. The molecule has 0 radical (unpaired) electrons. The number of sulfonamides is 1. The molecule has 9 heteroatoms. The van der Waals surface area contributed by atoms with E-state index in [4.69, 9.17) is 4.74 Å². The van der Waals surface area contributed by atoms with E-state index in [2.05, 4.69) is 9.62 Å². The Balaban J connectivity index is 1.21. The third-order valence-electron chi connectivity index (χ3n) is 5.96. The minimum Gasteiger partial charge on any atom is -0.487 e. The van der Waals surface area contributed by atoms with E-state index in [9.17, 15) is 18.3 Å². The maximum atomic E-state index is 12.0. The molecule has 3 aromatic rings. The van der Waals surface area contributed by atoms with Gasteiger partial charge < -0.3 is 19.3 Å². The Bertz CT molecular complexity index is 1250. The van der Waals surface area contributed by atoms with Gasteiger partial charge in [0.2, 0.25) is 10.0 Å². The molecule has 2 N–H and O–H groups in total. The second kappa shape index (κ2) is 8.57. The zero-order chi connectivity index (χ0) is 23.0. The molecule has 1 aliphatic heterocycles. The van der Waals surface area contributed by atoms with Crippen LogP contribution in [0, 0.1) is 0 Å². The Kier molecular flexibility index (Phi) is 5.59. The van der Waals surface area contributed by atoms with Gasteiger partial charge in [-0.05, 0) is 54.8 Å². The molecular weight excluding hydrogens is 442 g/mol. The van der Waals surface area contributed by atoms with Gasteiger partial charge in [-0.25, -0.2) is 17.9 Å². The molecule has 0 bridgehead atoms. The molecule has 0 unspecified atom stereocenters. The second-order valence-corrected chi connectivity index (χ2v) is 10.5. The van der Waals surface area contributed by atoms with E-state index in [0.717, 1.165) is 29.8 Å². The number of carboxylic acid groups (broad SMARTS) is 1. The second-order valence-electron chi connectivity index (χ2n) is 8.42. The lowest BCUT2D eigenvalue weighted by Crippen LogP contribution is -2.54.